The van der Waals surface area contributed by atoms with E-state index in [1.807, 2.05) is 17.8 Å². The van der Waals surface area contributed by atoms with Crippen LogP contribution in [0.1, 0.15) is 26.7 Å². The molecule has 0 aromatic rings. The highest BCUT2D eigenvalue weighted by molar-refractivity contribution is 7.98. The Hall–Kier alpha value is -0.520. The molecule has 0 aliphatic rings. The van der Waals surface area contributed by atoms with E-state index in [0.29, 0.717) is 24.4 Å². The summed E-state index contributed by atoms with van der Waals surface area (Å²) < 4.78 is 0. The maximum Gasteiger partial charge on any atom is 0.0773 e. The average molecular weight is 358 g/mol. The Balaban J connectivity index is 4.75. The fraction of sp³-hybridized carbons (Fsp3) is 0.667. The van der Waals surface area contributed by atoms with Crippen molar-refractivity contribution in [2.24, 2.45) is 17.6 Å². The van der Waals surface area contributed by atoms with Gasteiger partial charge in [0.2, 0.25) is 0 Å². The van der Waals surface area contributed by atoms with Crippen molar-refractivity contribution in [2.45, 2.75) is 38.8 Å². The van der Waals surface area contributed by atoms with Gasteiger partial charge in [0.25, 0.3) is 0 Å². The zero-order valence-corrected chi connectivity index (χ0v) is 16.7. The highest BCUT2D eigenvalue weighted by Gasteiger charge is 2.20. The van der Waals surface area contributed by atoms with Gasteiger partial charge in [-0.2, -0.15) is 24.4 Å². The molecule has 3 unspecified atom stereocenters. The van der Waals surface area contributed by atoms with E-state index in [2.05, 4.69) is 63.1 Å². The first-order valence-electron chi connectivity index (χ1n) is 8.22. The minimum absolute atomic E-state index is 0.0159. The van der Waals surface area contributed by atoms with Crippen molar-refractivity contribution < 1.29 is 0 Å². The van der Waals surface area contributed by atoms with Crippen molar-refractivity contribution in [2.75, 3.05) is 24.3 Å². The molecule has 0 aromatic carbocycles. The summed E-state index contributed by atoms with van der Waals surface area (Å²) in [5, 5.41) is 6.97. The number of thioether (sulfide) groups is 1. The molecule has 0 aliphatic carbocycles. The first-order chi connectivity index (χ1) is 10.9. The highest BCUT2D eigenvalue weighted by Crippen LogP contribution is 2.22. The zero-order valence-electron chi connectivity index (χ0n) is 15.0. The molecule has 4 N–H and O–H groups in total. The lowest BCUT2D eigenvalue weighted by molar-refractivity contribution is 0.408. The Kier molecular flexibility index (Phi) is 12.6. The SMILES string of the molecule is C=CCC(C(=C)NC(CN)C(=C)NC(CCS)CSC)C(C)C. The summed E-state index contributed by atoms with van der Waals surface area (Å²) in [5.74, 6) is 2.74. The predicted octanol–water partition coefficient (Wildman–Crippen LogP) is 3.42. The van der Waals surface area contributed by atoms with Gasteiger partial charge in [-0.25, -0.2) is 0 Å². The summed E-state index contributed by atoms with van der Waals surface area (Å²) >= 11 is 6.16. The minimum Gasteiger partial charge on any atom is -0.384 e. The molecule has 0 saturated carbocycles. The van der Waals surface area contributed by atoms with Crippen LogP contribution in [0, 0.1) is 11.8 Å². The van der Waals surface area contributed by atoms with E-state index in [4.69, 9.17) is 5.73 Å². The van der Waals surface area contributed by atoms with Crippen LogP contribution in [0.25, 0.3) is 0 Å². The lowest BCUT2D eigenvalue weighted by Gasteiger charge is -2.30. The second-order valence-electron chi connectivity index (χ2n) is 6.17. The number of nitrogens with two attached hydrogens (primary N) is 1. The summed E-state index contributed by atoms with van der Waals surface area (Å²) in [7, 11) is 0. The van der Waals surface area contributed by atoms with Gasteiger partial charge in [0.1, 0.15) is 0 Å². The maximum atomic E-state index is 5.95. The Morgan fingerprint density at radius 1 is 1.26 bits per heavy atom. The fourth-order valence-electron chi connectivity index (χ4n) is 2.53. The van der Waals surface area contributed by atoms with Crippen LogP contribution >= 0.6 is 24.4 Å². The van der Waals surface area contributed by atoms with Gasteiger partial charge >= 0.3 is 0 Å². The first kappa shape index (κ1) is 22.5. The van der Waals surface area contributed by atoms with E-state index in [0.717, 1.165) is 35.7 Å². The van der Waals surface area contributed by atoms with E-state index in [1.54, 1.807) is 0 Å². The van der Waals surface area contributed by atoms with Crippen molar-refractivity contribution >= 4 is 24.4 Å². The summed E-state index contributed by atoms with van der Waals surface area (Å²) in [6.07, 6.45) is 5.98. The number of nitrogens with one attached hydrogen (secondary N) is 2. The average Bonchev–Trinajstić information content (AvgIpc) is 2.49. The third kappa shape index (κ3) is 8.77. The molecule has 0 fully saturated rings. The zero-order chi connectivity index (χ0) is 17.8. The van der Waals surface area contributed by atoms with Gasteiger partial charge in [-0.05, 0) is 30.8 Å². The Bertz CT molecular complexity index is 363. The topological polar surface area (TPSA) is 50.1 Å². The van der Waals surface area contributed by atoms with Crippen molar-refractivity contribution in [3.8, 4) is 0 Å². The molecule has 23 heavy (non-hydrogen) atoms. The predicted molar refractivity (Wildman–Crippen MR) is 111 cm³/mol. The highest BCUT2D eigenvalue weighted by atomic mass is 32.2. The fourth-order valence-corrected chi connectivity index (χ4v) is 3.50. The van der Waals surface area contributed by atoms with Gasteiger partial charge in [0.05, 0.1) is 6.04 Å². The largest absolute Gasteiger partial charge is 0.384 e. The summed E-state index contributed by atoms with van der Waals surface area (Å²) in [4.78, 5) is 0. The van der Waals surface area contributed by atoms with Gasteiger partial charge in [-0.1, -0.05) is 33.1 Å². The molecule has 3 atom stereocenters. The summed E-state index contributed by atoms with van der Waals surface area (Å²) in [6, 6.07) is 0.353. The second kappa shape index (κ2) is 12.8. The van der Waals surface area contributed by atoms with Crippen LogP contribution in [-0.4, -0.2) is 36.4 Å². The van der Waals surface area contributed by atoms with Crippen molar-refractivity contribution in [3.05, 3.63) is 37.2 Å². The Morgan fingerprint density at radius 3 is 2.35 bits per heavy atom. The van der Waals surface area contributed by atoms with Gasteiger partial charge in [0, 0.05) is 35.7 Å². The third-order valence-corrected chi connectivity index (χ3v) is 4.92. The van der Waals surface area contributed by atoms with Gasteiger partial charge in [0.15, 0.2) is 0 Å². The molecule has 0 bridgehead atoms. The molecule has 0 heterocycles. The van der Waals surface area contributed by atoms with Crippen LogP contribution in [0.2, 0.25) is 0 Å². The molecule has 0 amide bonds. The monoisotopic (exact) mass is 357 g/mol. The molecule has 5 heteroatoms. The van der Waals surface area contributed by atoms with E-state index in [9.17, 15) is 0 Å². The van der Waals surface area contributed by atoms with E-state index < -0.39 is 0 Å². The Morgan fingerprint density at radius 2 is 1.91 bits per heavy atom. The van der Waals surface area contributed by atoms with Gasteiger partial charge in [-0.15, -0.1) is 6.58 Å². The number of allylic oxidation sites excluding steroid dienone is 2. The van der Waals surface area contributed by atoms with Crippen molar-refractivity contribution in [3.63, 3.8) is 0 Å². The molecule has 0 radical (unpaired) electrons. The van der Waals surface area contributed by atoms with Gasteiger partial charge < -0.3 is 16.4 Å². The number of hydrogen-bond acceptors (Lipinski definition) is 5. The number of thiol groups is 1. The van der Waals surface area contributed by atoms with Crippen molar-refractivity contribution in [1.29, 1.82) is 0 Å². The third-order valence-electron chi connectivity index (χ3n) is 3.92. The quantitative estimate of drug-likeness (QED) is 0.284. The molecule has 0 aliphatic heterocycles. The van der Waals surface area contributed by atoms with Crippen LogP contribution in [0.3, 0.4) is 0 Å². The Labute approximate surface area is 153 Å². The lowest BCUT2D eigenvalue weighted by Crippen LogP contribution is -2.45. The molecule has 134 valence electrons. The maximum absolute atomic E-state index is 5.95. The molecule has 0 saturated heterocycles. The summed E-state index contributed by atoms with van der Waals surface area (Å²) in [5.41, 5.74) is 7.89. The van der Waals surface area contributed by atoms with E-state index in [-0.39, 0.29) is 6.04 Å². The number of rotatable bonds is 14. The summed E-state index contributed by atoms with van der Waals surface area (Å²) in [6.45, 7) is 17.1. The normalized spacial score (nSPS) is 14.9. The number of hydrogen-bond donors (Lipinski definition) is 4. The van der Waals surface area contributed by atoms with Crippen LogP contribution in [0.4, 0.5) is 0 Å². The van der Waals surface area contributed by atoms with Crippen LogP contribution in [0.15, 0.2) is 37.2 Å². The second-order valence-corrected chi connectivity index (χ2v) is 7.52. The van der Waals surface area contributed by atoms with Crippen LogP contribution < -0.4 is 16.4 Å². The molecule has 0 spiro atoms. The molecular formula is C18H35N3S2. The first-order valence-corrected chi connectivity index (χ1v) is 10.2. The smallest absolute Gasteiger partial charge is 0.0773 e. The van der Waals surface area contributed by atoms with E-state index in [1.165, 1.54) is 0 Å². The molecule has 3 nitrogen and oxygen atoms in total. The van der Waals surface area contributed by atoms with Crippen LogP contribution in [-0.2, 0) is 0 Å². The van der Waals surface area contributed by atoms with Crippen LogP contribution in [0.5, 0.6) is 0 Å². The van der Waals surface area contributed by atoms with Crippen molar-refractivity contribution in [1.82, 2.24) is 10.6 Å². The molecule has 0 aromatic heterocycles. The standard InChI is InChI=1S/C18H35N3S2/c1-7-8-17(13(2)3)14(4)21-18(11-19)15(5)20-16(9-10-22)12-23-6/h7,13,16-18,20-22H,1,4-5,8-12,19H2,2-3,6H3. The molecule has 0 rings (SSSR count). The lowest BCUT2D eigenvalue weighted by atomic mass is 9.89. The molecular weight excluding hydrogens is 322 g/mol. The van der Waals surface area contributed by atoms with Gasteiger partial charge in [-0.3, -0.25) is 0 Å². The minimum atomic E-state index is -0.0159. The van der Waals surface area contributed by atoms with E-state index >= 15 is 0 Å².